The molecule has 1 aliphatic heterocycles. The van der Waals surface area contributed by atoms with Crippen molar-refractivity contribution in [3.05, 3.63) is 18.7 Å². The number of rotatable bonds is 6. The van der Waals surface area contributed by atoms with E-state index in [1.165, 1.54) is 23.3 Å². The van der Waals surface area contributed by atoms with Crippen LogP contribution in [0.25, 0.3) is 0 Å². The monoisotopic (exact) mass is 402 g/mol. The van der Waals surface area contributed by atoms with Crippen LogP contribution in [0.3, 0.4) is 0 Å². The summed E-state index contributed by atoms with van der Waals surface area (Å²) in [4.78, 5) is 51.1. The maximum Gasteiger partial charge on any atom is 0.303 e. The minimum absolute atomic E-state index is 0.521. The Balaban J connectivity index is 2.49. The maximum atomic E-state index is 12.0. The van der Waals surface area contributed by atoms with E-state index in [0.717, 1.165) is 0 Å². The minimum atomic E-state index is -1.53. The number of nitrogens with zero attached hydrogens (tertiary/aromatic N) is 2. The summed E-state index contributed by atoms with van der Waals surface area (Å²) in [5.41, 5.74) is 0. The van der Waals surface area contributed by atoms with Gasteiger partial charge in [0.15, 0.2) is 24.5 Å². The number of imidazole rings is 1. The van der Waals surface area contributed by atoms with Crippen molar-refractivity contribution in [1.29, 1.82) is 0 Å². The highest BCUT2D eigenvalue weighted by Gasteiger charge is 2.52. The van der Waals surface area contributed by atoms with Crippen LogP contribution in [0.2, 0.25) is 0 Å². The number of carbonyl (C=O) groups is 4. The first kappa shape index (κ1) is 16.0. The van der Waals surface area contributed by atoms with Gasteiger partial charge in [-0.2, -0.15) is 0 Å². The second-order valence-corrected chi connectivity index (χ2v) is 5.62. The standard InChI is InChI=1S/C17H22N2O9/c1-9(20)24-7-13-14(25-10(2)21)15(26-11(3)22)16(27-12(4)23)17(28-13)19-6-5-18-8-19/h5-6,8,13-17H,7H2,1-4H3/t13-,14-,15+,16-,17?/m1/s1/i1D,2D,3D,4D. The third-order valence-electron chi connectivity index (χ3n) is 3.64. The fourth-order valence-corrected chi connectivity index (χ4v) is 2.72. The van der Waals surface area contributed by atoms with Gasteiger partial charge < -0.3 is 28.3 Å². The Hall–Kier alpha value is -2.95. The Labute approximate surface area is 166 Å². The average molecular weight is 402 g/mol. The first-order valence-corrected chi connectivity index (χ1v) is 7.88. The number of aromatic nitrogens is 2. The van der Waals surface area contributed by atoms with Crippen LogP contribution in [0.5, 0.6) is 0 Å². The fraction of sp³-hybridized carbons (Fsp3) is 0.588. The second-order valence-electron chi connectivity index (χ2n) is 5.62. The van der Waals surface area contributed by atoms with Gasteiger partial charge in [0, 0.05) is 45.5 Å². The lowest BCUT2D eigenvalue weighted by molar-refractivity contribution is -0.268. The van der Waals surface area contributed by atoms with Crippen LogP contribution in [-0.2, 0) is 42.9 Å². The van der Waals surface area contributed by atoms with E-state index in [2.05, 4.69) is 4.98 Å². The molecule has 11 nitrogen and oxygen atoms in total. The van der Waals surface area contributed by atoms with Gasteiger partial charge in [0.05, 0.1) is 6.33 Å². The van der Waals surface area contributed by atoms with Gasteiger partial charge in [-0.3, -0.25) is 19.2 Å². The van der Waals surface area contributed by atoms with Crippen LogP contribution in [0.15, 0.2) is 18.7 Å². The Bertz CT molecular complexity index is 795. The lowest BCUT2D eigenvalue weighted by Crippen LogP contribution is -2.60. The van der Waals surface area contributed by atoms with Crippen molar-refractivity contribution in [3.8, 4) is 0 Å². The molecular formula is C17H22N2O9. The van der Waals surface area contributed by atoms with Crippen LogP contribution >= 0.6 is 0 Å². The molecular weight excluding hydrogens is 376 g/mol. The molecule has 11 heteroatoms. The second kappa shape index (κ2) is 9.31. The number of ether oxygens (including phenoxy) is 5. The summed E-state index contributed by atoms with van der Waals surface area (Å²) in [6, 6.07) is 0. The van der Waals surface area contributed by atoms with Gasteiger partial charge >= 0.3 is 23.9 Å². The quantitative estimate of drug-likeness (QED) is 0.478. The molecule has 5 atom stereocenters. The van der Waals surface area contributed by atoms with Gasteiger partial charge in [-0.1, -0.05) is 0 Å². The Morgan fingerprint density at radius 3 is 2.14 bits per heavy atom. The SMILES string of the molecule is [2H]CC(=O)OC[C@H]1OC(n2ccnc2)[C@H](OC(=O)C[2H])[C@@H](OC(=O)C[2H])[C@@H]1OC(=O)C[2H]. The predicted octanol–water partition coefficient (Wildman–Crippen LogP) is 0.139. The fourth-order valence-electron chi connectivity index (χ4n) is 2.72. The molecule has 1 aromatic rings. The minimum Gasteiger partial charge on any atom is -0.463 e. The van der Waals surface area contributed by atoms with Crippen LogP contribution in [-0.4, -0.2) is 64.5 Å². The summed E-state index contributed by atoms with van der Waals surface area (Å²) in [6.07, 6.45) is -2.80. The normalized spacial score (nSPS) is 28.6. The zero-order valence-electron chi connectivity index (χ0n) is 18.7. The van der Waals surface area contributed by atoms with E-state index in [1.54, 1.807) is 0 Å². The highest BCUT2D eigenvalue weighted by Crippen LogP contribution is 2.34. The number of hydrogen-bond acceptors (Lipinski definition) is 10. The van der Waals surface area contributed by atoms with Crippen LogP contribution in [0.1, 0.15) is 39.3 Å². The molecule has 0 spiro atoms. The zero-order valence-corrected chi connectivity index (χ0v) is 14.7. The molecule has 1 aliphatic rings. The molecule has 1 unspecified atom stereocenters. The van der Waals surface area contributed by atoms with Gasteiger partial charge in [-0.05, 0) is 0 Å². The molecule has 2 rings (SSSR count). The summed E-state index contributed by atoms with van der Waals surface area (Å²) < 4.78 is 56.6. The van der Waals surface area contributed by atoms with E-state index in [1.807, 2.05) is 0 Å². The van der Waals surface area contributed by atoms with Gasteiger partial charge in [0.25, 0.3) is 0 Å². The Morgan fingerprint density at radius 2 is 1.57 bits per heavy atom. The van der Waals surface area contributed by atoms with E-state index in [-0.39, 0.29) is 0 Å². The van der Waals surface area contributed by atoms with Gasteiger partial charge in [0.1, 0.15) is 12.7 Å². The molecule has 1 fully saturated rings. The average Bonchev–Trinajstić information content (AvgIpc) is 3.34. The highest BCUT2D eigenvalue weighted by molar-refractivity contribution is 5.68. The summed E-state index contributed by atoms with van der Waals surface area (Å²) in [5, 5.41) is 0. The molecule has 0 N–H and O–H groups in total. The molecule has 0 saturated carbocycles. The van der Waals surface area contributed by atoms with E-state index in [0.29, 0.717) is 0 Å². The topological polar surface area (TPSA) is 132 Å². The highest BCUT2D eigenvalue weighted by atomic mass is 16.7. The smallest absolute Gasteiger partial charge is 0.303 e. The van der Waals surface area contributed by atoms with Crippen molar-refractivity contribution in [2.45, 2.75) is 58.2 Å². The van der Waals surface area contributed by atoms with Crippen LogP contribution in [0, 0.1) is 0 Å². The summed E-state index contributed by atoms with van der Waals surface area (Å²) in [7, 11) is 0. The van der Waals surface area contributed by atoms with Gasteiger partial charge in [0.2, 0.25) is 0 Å². The van der Waals surface area contributed by atoms with Gasteiger partial charge in [-0.15, -0.1) is 0 Å². The largest absolute Gasteiger partial charge is 0.463 e. The molecule has 28 heavy (non-hydrogen) atoms. The Morgan fingerprint density at radius 1 is 0.964 bits per heavy atom. The van der Waals surface area contributed by atoms with Crippen molar-refractivity contribution in [2.75, 3.05) is 6.61 Å². The molecule has 0 aromatic carbocycles. The first-order valence-electron chi connectivity index (χ1n) is 10.7. The van der Waals surface area contributed by atoms with E-state index in [4.69, 9.17) is 29.2 Å². The van der Waals surface area contributed by atoms with Crippen molar-refractivity contribution < 1.29 is 48.3 Å². The summed E-state index contributed by atoms with van der Waals surface area (Å²) in [5.74, 6) is -3.97. The lowest BCUT2D eigenvalue weighted by atomic mass is 9.97. The summed E-state index contributed by atoms with van der Waals surface area (Å²) >= 11 is 0. The molecule has 0 bridgehead atoms. The van der Waals surface area contributed by atoms with Gasteiger partial charge in [-0.25, -0.2) is 4.98 Å². The van der Waals surface area contributed by atoms with Crippen molar-refractivity contribution in [1.82, 2.24) is 9.55 Å². The first-order chi connectivity index (χ1) is 15.3. The van der Waals surface area contributed by atoms with Crippen LogP contribution < -0.4 is 0 Å². The molecule has 0 amide bonds. The predicted molar refractivity (Wildman–Crippen MR) is 89.4 cm³/mol. The van der Waals surface area contributed by atoms with Crippen molar-refractivity contribution in [2.24, 2.45) is 0 Å². The number of carbonyl (C=O) groups excluding carboxylic acids is 4. The third-order valence-corrected chi connectivity index (χ3v) is 3.64. The Kier molecular flexibility index (Phi) is 5.33. The van der Waals surface area contributed by atoms with Crippen molar-refractivity contribution in [3.63, 3.8) is 0 Å². The number of esters is 4. The molecule has 2 heterocycles. The molecule has 1 saturated heterocycles. The van der Waals surface area contributed by atoms with Crippen LogP contribution in [0.4, 0.5) is 0 Å². The lowest BCUT2D eigenvalue weighted by Gasteiger charge is -2.44. The molecule has 1 aromatic heterocycles. The summed E-state index contributed by atoms with van der Waals surface area (Å²) in [6.45, 7) is -3.57. The molecule has 154 valence electrons. The van der Waals surface area contributed by atoms with E-state index in [9.17, 15) is 19.2 Å². The molecule has 0 aliphatic carbocycles. The van der Waals surface area contributed by atoms with E-state index < -0.39 is 88.7 Å². The third kappa shape index (κ3) is 5.52. The van der Waals surface area contributed by atoms with E-state index >= 15 is 0 Å². The van der Waals surface area contributed by atoms with Crippen molar-refractivity contribution >= 4 is 23.9 Å². The maximum absolute atomic E-state index is 12.0. The number of hydrogen-bond donors (Lipinski definition) is 0. The zero-order chi connectivity index (χ0) is 23.7. The molecule has 0 radical (unpaired) electrons.